The third-order valence-corrected chi connectivity index (χ3v) is 3.38. The summed E-state index contributed by atoms with van der Waals surface area (Å²) < 4.78 is 13.1. The van der Waals surface area contributed by atoms with Crippen LogP contribution in [0, 0.1) is 5.82 Å². The topological polar surface area (TPSA) is 43.1 Å². The molecule has 0 spiro atoms. The van der Waals surface area contributed by atoms with Crippen LogP contribution in [-0.2, 0) is 0 Å². The van der Waals surface area contributed by atoms with Gasteiger partial charge in [0.1, 0.15) is 5.82 Å². The second kappa shape index (κ2) is 3.82. The highest BCUT2D eigenvalue weighted by atomic mass is 79.9. The number of benzene rings is 1. The molecule has 0 saturated heterocycles. The lowest BCUT2D eigenvalue weighted by molar-refractivity contribution is 0.1000. The molecule has 0 saturated carbocycles. The molecule has 0 bridgehead atoms. The molecule has 1 rings (SSSR count). The lowest BCUT2D eigenvalue weighted by atomic mass is 10.2. The van der Waals surface area contributed by atoms with Gasteiger partial charge in [0.05, 0.1) is 20.1 Å². The van der Waals surface area contributed by atoms with Crippen molar-refractivity contribution in [3.05, 3.63) is 32.0 Å². The number of primary amides is 1. The third kappa shape index (κ3) is 1.95. The summed E-state index contributed by atoms with van der Waals surface area (Å²) in [5.41, 5.74) is 4.85. The van der Waals surface area contributed by atoms with Crippen LogP contribution in [0.5, 0.6) is 0 Å². The molecule has 6 heteroatoms. The van der Waals surface area contributed by atoms with Gasteiger partial charge in [-0.1, -0.05) is 23.2 Å². The summed E-state index contributed by atoms with van der Waals surface area (Å²) in [6, 6.07) is 0.901. The van der Waals surface area contributed by atoms with Crippen LogP contribution in [0.3, 0.4) is 0 Å². The van der Waals surface area contributed by atoms with E-state index in [1.807, 2.05) is 0 Å². The van der Waals surface area contributed by atoms with Crippen LogP contribution in [0.25, 0.3) is 0 Å². The van der Waals surface area contributed by atoms with Crippen molar-refractivity contribution in [1.29, 1.82) is 0 Å². The first-order chi connectivity index (χ1) is 5.95. The van der Waals surface area contributed by atoms with Gasteiger partial charge in [-0.3, -0.25) is 4.79 Å². The first-order valence-corrected chi connectivity index (χ1v) is 4.63. The second-order valence-electron chi connectivity index (χ2n) is 2.21. The molecule has 0 radical (unpaired) electrons. The zero-order valence-electron chi connectivity index (χ0n) is 6.07. The van der Waals surface area contributed by atoms with Crippen molar-refractivity contribution in [2.45, 2.75) is 0 Å². The number of nitrogens with two attached hydrogens (primary N) is 1. The number of rotatable bonds is 1. The Morgan fingerprint density at radius 2 is 2.00 bits per heavy atom. The van der Waals surface area contributed by atoms with E-state index in [0.717, 1.165) is 6.07 Å². The summed E-state index contributed by atoms with van der Waals surface area (Å²) in [6.07, 6.45) is 0. The molecule has 0 atom stereocenters. The zero-order valence-corrected chi connectivity index (χ0v) is 9.17. The van der Waals surface area contributed by atoms with Gasteiger partial charge >= 0.3 is 0 Å². The lowest BCUT2D eigenvalue weighted by Gasteiger charge is -2.04. The molecule has 2 N–H and O–H groups in total. The minimum Gasteiger partial charge on any atom is -0.366 e. The normalized spacial score (nSPS) is 10.2. The van der Waals surface area contributed by atoms with Crippen LogP contribution in [0.4, 0.5) is 4.39 Å². The summed E-state index contributed by atoms with van der Waals surface area (Å²) in [5, 5.41) is -0.158. The summed E-state index contributed by atoms with van der Waals surface area (Å²) in [4.78, 5) is 10.7. The first kappa shape index (κ1) is 10.8. The smallest absolute Gasteiger partial charge is 0.250 e. The Balaban J connectivity index is 3.50. The number of amides is 1. The fourth-order valence-corrected chi connectivity index (χ4v) is 1.59. The first-order valence-electron chi connectivity index (χ1n) is 3.08. The monoisotopic (exact) mass is 285 g/mol. The maximum atomic E-state index is 13.0. The summed E-state index contributed by atoms with van der Waals surface area (Å²) in [6.45, 7) is 0. The van der Waals surface area contributed by atoms with Crippen molar-refractivity contribution in [2.24, 2.45) is 5.73 Å². The largest absolute Gasteiger partial charge is 0.366 e. The van der Waals surface area contributed by atoms with Crippen LogP contribution in [0.15, 0.2) is 10.5 Å². The highest BCUT2D eigenvalue weighted by molar-refractivity contribution is 9.10. The minimum absolute atomic E-state index is 0.0129. The Hall–Kier alpha value is -0.320. The average Bonchev–Trinajstić information content (AvgIpc) is 2.07. The van der Waals surface area contributed by atoms with E-state index in [9.17, 15) is 9.18 Å². The predicted molar refractivity (Wildman–Crippen MR) is 52.6 cm³/mol. The van der Waals surface area contributed by atoms with Crippen molar-refractivity contribution in [1.82, 2.24) is 0 Å². The minimum atomic E-state index is -0.804. The van der Waals surface area contributed by atoms with Crippen LogP contribution in [0.2, 0.25) is 10.0 Å². The van der Waals surface area contributed by atoms with Crippen molar-refractivity contribution >= 4 is 45.0 Å². The van der Waals surface area contributed by atoms with Crippen molar-refractivity contribution in [2.75, 3.05) is 0 Å². The van der Waals surface area contributed by atoms with Gasteiger partial charge in [-0.2, -0.15) is 0 Å². The van der Waals surface area contributed by atoms with Gasteiger partial charge < -0.3 is 5.73 Å². The molecule has 70 valence electrons. The van der Waals surface area contributed by atoms with Gasteiger partial charge in [0.2, 0.25) is 5.91 Å². The Kier molecular flexibility index (Phi) is 3.16. The Labute approximate surface area is 91.9 Å². The molecular formula is C7H3BrCl2FNO. The third-order valence-electron chi connectivity index (χ3n) is 1.37. The van der Waals surface area contributed by atoms with Crippen molar-refractivity contribution < 1.29 is 9.18 Å². The fourth-order valence-electron chi connectivity index (χ4n) is 0.752. The molecule has 13 heavy (non-hydrogen) atoms. The standard InChI is InChI=1S/C7H3BrCl2FNO/c8-4-5(9)2(7(12)13)1-3(11)6(4)10/h1H,(H2,12,13). The summed E-state index contributed by atoms with van der Waals surface area (Å²) in [5.74, 6) is -1.55. The molecule has 0 aliphatic carbocycles. The van der Waals surface area contributed by atoms with Crippen LogP contribution in [-0.4, -0.2) is 5.91 Å². The van der Waals surface area contributed by atoms with E-state index in [-0.39, 0.29) is 20.1 Å². The molecule has 0 aliphatic heterocycles. The molecule has 0 fully saturated rings. The Morgan fingerprint density at radius 1 is 1.46 bits per heavy atom. The molecule has 0 aromatic heterocycles. The number of halogens is 4. The van der Waals surface area contributed by atoms with Crippen molar-refractivity contribution in [3.8, 4) is 0 Å². The Morgan fingerprint density at radius 3 is 2.46 bits per heavy atom. The molecule has 1 aromatic carbocycles. The number of hydrogen-bond donors (Lipinski definition) is 1. The molecule has 0 unspecified atom stereocenters. The van der Waals surface area contributed by atoms with E-state index >= 15 is 0 Å². The molecular weight excluding hydrogens is 284 g/mol. The van der Waals surface area contributed by atoms with E-state index in [2.05, 4.69) is 15.9 Å². The predicted octanol–water partition coefficient (Wildman–Crippen LogP) is 2.99. The molecule has 2 nitrogen and oxygen atoms in total. The number of carbonyl (C=O) groups excluding carboxylic acids is 1. The highest BCUT2D eigenvalue weighted by Crippen LogP contribution is 2.34. The van der Waals surface area contributed by atoms with E-state index in [1.54, 1.807) is 0 Å². The van der Waals surface area contributed by atoms with Gasteiger partial charge in [0.25, 0.3) is 0 Å². The van der Waals surface area contributed by atoms with Crippen LogP contribution >= 0.6 is 39.1 Å². The second-order valence-corrected chi connectivity index (χ2v) is 3.76. The average molecular weight is 287 g/mol. The molecule has 1 amide bonds. The fraction of sp³-hybridized carbons (Fsp3) is 0. The van der Waals surface area contributed by atoms with Crippen molar-refractivity contribution in [3.63, 3.8) is 0 Å². The van der Waals surface area contributed by atoms with Crippen LogP contribution < -0.4 is 5.73 Å². The van der Waals surface area contributed by atoms with E-state index in [4.69, 9.17) is 28.9 Å². The van der Waals surface area contributed by atoms with Gasteiger partial charge in [-0.15, -0.1) is 0 Å². The molecule has 0 heterocycles. The van der Waals surface area contributed by atoms with Gasteiger partial charge in [-0.05, 0) is 22.0 Å². The van der Waals surface area contributed by atoms with Gasteiger partial charge in [0.15, 0.2) is 0 Å². The summed E-state index contributed by atoms with van der Waals surface area (Å²) in [7, 11) is 0. The number of carbonyl (C=O) groups is 1. The SMILES string of the molecule is NC(=O)c1cc(F)c(Cl)c(Br)c1Cl. The van der Waals surface area contributed by atoms with Gasteiger partial charge in [-0.25, -0.2) is 4.39 Å². The molecule has 0 aliphatic rings. The van der Waals surface area contributed by atoms with E-state index in [1.165, 1.54) is 0 Å². The highest BCUT2D eigenvalue weighted by Gasteiger charge is 2.16. The number of hydrogen-bond acceptors (Lipinski definition) is 1. The summed E-state index contributed by atoms with van der Waals surface area (Å²) >= 11 is 14.1. The molecule has 1 aromatic rings. The van der Waals surface area contributed by atoms with E-state index in [0.29, 0.717) is 0 Å². The van der Waals surface area contributed by atoms with Gasteiger partial charge in [0, 0.05) is 0 Å². The maximum absolute atomic E-state index is 13.0. The maximum Gasteiger partial charge on any atom is 0.250 e. The van der Waals surface area contributed by atoms with E-state index < -0.39 is 11.7 Å². The van der Waals surface area contributed by atoms with Crippen LogP contribution in [0.1, 0.15) is 10.4 Å². The lowest BCUT2D eigenvalue weighted by Crippen LogP contribution is -2.12. The quantitative estimate of drug-likeness (QED) is 0.626. The zero-order chi connectivity index (χ0) is 10.2. The Bertz CT molecular complexity index is 383.